The Kier molecular flexibility index (Phi) is 4.08. The zero-order chi connectivity index (χ0) is 14.9. The van der Waals surface area contributed by atoms with Crippen LogP contribution in [0.5, 0.6) is 0 Å². The Morgan fingerprint density at radius 3 is 2.05 bits per heavy atom. The quantitative estimate of drug-likeness (QED) is 0.832. The van der Waals surface area contributed by atoms with E-state index in [-0.39, 0.29) is 12.0 Å². The van der Waals surface area contributed by atoms with E-state index >= 15 is 0 Å². The molecule has 0 aliphatic heterocycles. The van der Waals surface area contributed by atoms with E-state index in [0.29, 0.717) is 0 Å². The fourth-order valence-electron chi connectivity index (χ4n) is 4.66. The lowest BCUT2D eigenvalue weighted by Crippen LogP contribution is -2.25. The molecule has 120 valence electrons. The first-order valence-corrected chi connectivity index (χ1v) is 9.31. The van der Waals surface area contributed by atoms with Gasteiger partial charge < -0.3 is 5.11 Å². The van der Waals surface area contributed by atoms with Crippen molar-refractivity contribution in [3.8, 4) is 0 Å². The molecule has 3 aliphatic rings. The Morgan fingerprint density at radius 2 is 1.41 bits per heavy atom. The molecule has 22 heavy (non-hydrogen) atoms. The van der Waals surface area contributed by atoms with Gasteiger partial charge in [0, 0.05) is 23.5 Å². The highest BCUT2D eigenvalue weighted by Gasteiger charge is 2.27. The Bertz CT molecular complexity index is 539. The van der Waals surface area contributed by atoms with Crippen LogP contribution in [-0.4, -0.2) is 22.1 Å². The van der Waals surface area contributed by atoms with Crippen LogP contribution in [-0.2, 0) is 25.7 Å². The van der Waals surface area contributed by atoms with E-state index < -0.39 is 0 Å². The van der Waals surface area contributed by atoms with E-state index in [2.05, 4.69) is 10.9 Å². The summed E-state index contributed by atoms with van der Waals surface area (Å²) in [7, 11) is 0. The normalized spacial score (nSPS) is 28.6. The maximum absolute atomic E-state index is 10.2. The fourth-order valence-corrected chi connectivity index (χ4v) is 4.66. The van der Waals surface area contributed by atoms with Crippen LogP contribution >= 0.6 is 0 Å². The van der Waals surface area contributed by atoms with Gasteiger partial charge in [-0.05, 0) is 75.3 Å². The molecule has 0 amide bonds. The molecule has 1 fully saturated rings. The van der Waals surface area contributed by atoms with Crippen LogP contribution < -0.4 is 0 Å². The van der Waals surface area contributed by atoms with E-state index in [9.17, 15) is 5.11 Å². The Balaban J connectivity index is 1.67. The maximum atomic E-state index is 10.2. The van der Waals surface area contributed by atoms with E-state index in [1.54, 1.807) is 11.1 Å². The van der Waals surface area contributed by atoms with Crippen LogP contribution in [0.3, 0.4) is 0 Å². The Morgan fingerprint density at radius 1 is 0.818 bits per heavy atom. The summed E-state index contributed by atoms with van der Waals surface area (Å²) in [5.74, 6) is 0.259. The molecule has 1 aromatic heterocycles. The molecule has 0 spiro atoms. The highest BCUT2D eigenvalue weighted by molar-refractivity contribution is 5.62. The fraction of sp³-hybridized carbons (Fsp3) is 0.737. The average Bonchev–Trinajstić information content (AvgIpc) is 2.89. The van der Waals surface area contributed by atoms with Crippen molar-refractivity contribution in [3.63, 3.8) is 0 Å². The second-order valence-corrected chi connectivity index (χ2v) is 7.36. The number of hydrogen-bond acceptors (Lipinski definition) is 2. The van der Waals surface area contributed by atoms with Crippen LogP contribution in [0.25, 0.3) is 0 Å². The van der Waals surface area contributed by atoms with Crippen molar-refractivity contribution in [2.75, 3.05) is 0 Å². The molecule has 2 unspecified atom stereocenters. The van der Waals surface area contributed by atoms with Crippen molar-refractivity contribution < 1.29 is 5.11 Å². The maximum Gasteiger partial charge on any atom is 0.0618 e. The lowest BCUT2D eigenvalue weighted by molar-refractivity contribution is 0.103. The summed E-state index contributed by atoms with van der Waals surface area (Å²) in [5, 5.41) is 15.1. The number of aliphatic hydroxyl groups excluding tert-OH is 1. The zero-order valence-corrected chi connectivity index (χ0v) is 13.6. The first kappa shape index (κ1) is 14.5. The van der Waals surface area contributed by atoms with Crippen LogP contribution in [0, 0.1) is 5.92 Å². The zero-order valence-electron chi connectivity index (χ0n) is 13.6. The molecule has 0 aromatic carbocycles. The molecule has 1 aromatic rings. The van der Waals surface area contributed by atoms with Crippen LogP contribution in [0.2, 0.25) is 0 Å². The number of aromatic nitrogens is 1. The lowest BCUT2D eigenvalue weighted by Gasteiger charge is -2.24. The number of aliphatic hydroxyl groups is 1. The standard InChI is InChI=1S/C19H28N2O/c22-19-12-6-1-7-14(19)13-20-21-17-10-4-2-8-15(17)16-9-3-5-11-18(16)21/h13-14,19,22H,1-12H2/b20-13+. The average molecular weight is 300 g/mol. The highest BCUT2D eigenvalue weighted by atomic mass is 16.3. The van der Waals surface area contributed by atoms with Gasteiger partial charge in [0.1, 0.15) is 0 Å². The van der Waals surface area contributed by atoms with E-state index in [1.165, 1.54) is 75.6 Å². The molecule has 0 saturated heterocycles. The lowest BCUT2D eigenvalue weighted by atomic mass is 9.87. The number of hydrogen-bond donors (Lipinski definition) is 1. The van der Waals surface area contributed by atoms with Gasteiger partial charge in [0.25, 0.3) is 0 Å². The number of nitrogens with zero attached hydrogens (tertiary/aromatic N) is 2. The van der Waals surface area contributed by atoms with Crippen molar-refractivity contribution in [2.24, 2.45) is 11.0 Å². The van der Waals surface area contributed by atoms with E-state index in [0.717, 1.165) is 12.8 Å². The van der Waals surface area contributed by atoms with Gasteiger partial charge in [0.15, 0.2) is 0 Å². The molecule has 3 nitrogen and oxygen atoms in total. The van der Waals surface area contributed by atoms with Gasteiger partial charge >= 0.3 is 0 Å². The molecule has 1 heterocycles. The summed E-state index contributed by atoms with van der Waals surface area (Å²) in [5.41, 5.74) is 6.23. The van der Waals surface area contributed by atoms with Gasteiger partial charge in [-0.1, -0.05) is 12.8 Å². The minimum Gasteiger partial charge on any atom is -0.392 e. The molecule has 1 saturated carbocycles. The number of fused-ring (bicyclic) bond motifs is 3. The minimum absolute atomic E-state index is 0.181. The molecule has 1 N–H and O–H groups in total. The van der Waals surface area contributed by atoms with Crippen molar-refractivity contribution in [3.05, 3.63) is 22.5 Å². The van der Waals surface area contributed by atoms with Gasteiger partial charge in [-0.2, -0.15) is 5.10 Å². The van der Waals surface area contributed by atoms with Crippen molar-refractivity contribution in [1.29, 1.82) is 0 Å². The second-order valence-electron chi connectivity index (χ2n) is 7.36. The monoisotopic (exact) mass is 300 g/mol. The molecule has 3 heteroatoms. The molecule has 0 radical (unpaired) electrons. The first-order valence-electron chi connectivity index (χ1n) is 9.31. The predicted molar refractivity (Wildman–Crippen MR) is 89.6 cm³/mol. The van der Waals surface area contributed by atoms with Crippen molar-refractivity contribution in [2.45, 2.75) is 83.2 Å². The third kappa shape index (κ3) is 2.54. The smallest absolute Gasteiger partial charge is 0.0618 e. The van der Waals surface area contributed by atoms with Crippen LogP contribution in [0.1, 0.15) is 73.9 Å². The molecule has 4 rings (SSSR count). The number of rotatable bonds is 2. The summed E-state index contributed by atoms with van der Waals surface area (Å²) in [4.78, 5) is 0. The summed E-state index contributed by atoms with van der Waals surface area (Å²) in [6.07, 6.45) is 16.5. The Labute approximate surface area is 133 Å². The SMILES string of the molecule is OC1CCCCC1/C=N/n1c2c(c3c1CCCC3)CCCC2. The van der Waals surface area contributed by atoms with Gasteiger partial charge in [-0.25, -0.2) is 4.68 Å². The summed E-state index contributed by atoms with van der Waals surface area (Å²) in [6, 6.07) is 0. The van der Waals surface area contributed by atoms with Crippen LogP contribution in [0.4, 0.5) is 0 Å². The first-order chi connectivity index (χ1) is 10.8. The van der Waals surface area contributed by atoms with Gasteiger partial charge in [0.05, 0.1) is 6.10 Å². The van der Waals surface area contributed by atoms with Crippen molar-refractivity contribution >= 4 is 6.21 Å². The van der Waals surface area contributed by atoms with Crippen molar-refractivity contribution in [1.82, 2.24) is 4.68 Å². The molecule has 0 bridgehead atoms. The van der Waals surface area contributed by atoms with Gasteiger partial charge in [-0.3, -0.25) is 0 Å². The molecule has 3 aliphatic carbocycles. The van der Waals surface area contributed by atoms with Crippen LogP contribution in [0.15, 0.2) is 5.10 Å². The third-order valence-electron chi connectivity index (χ3n) is 5.91. The largest absolute Gasteiger partial charge is 0.392 e. The molecular weight excluding hydrogens is 272 g/mol. The minimum atomic E-state index is -0.181. The van der Waals surface area contributed by atoms with E-state index in [4.69, 9.17) is 5.10 Å². The molecule has 2 atom stereocenters. The van der Waals surface area contributed by atoms with Gasteiger partial charge in [-0.15, -0.1) is 0 Å². The Hall–Kier alpha value is -1.09. The summed E-state index contributed by atoms with van der Waals surface area (Å²) < 4.78 is 2.28. The summed E-state index contributed by atoms with van der Waals surface area (Å²) in [6.45, 7) is 0. The second kappa shape index (κ2) is 6.19. The van der Waals surface area contributed by atoms with E-state index in [1.807, 2.05) is 0 Å². The molecular formula is C19H28N2O. The topological polar surface area (TPSA) is 37.5 Å². The predicted octanol–water partition coefficient (Wildman–Crippen LogP) is 3.63. The summed E-state index contributed by atoms with van der Waals surface area (Å²) >= 11 is 0. The van der Waals surface area contributed by atoms with Gasteiger partial charge in [0.2, 0.25) is 0 Å². The third-order valence-corrected chi connectivity index (χ3v) is 5.91. The highest BCUT2D eigenvalue weighted by Crippen LogP contribution is 2.34.